The van der Waals surface area contributed by atoms with Gasteiger partial charge in [0.15, 0.2) is 5.16 Å². The van der Waals surface area contributed by atoms with Gasteiger partial charge in [-0.2, -0.15) is 0 Å². The van der Waals surface area contributed by atoms with E-state index in [-0.39, 0.29) is 11.5 Å². The summed E-state index contributed by atoms with van der Waals surface area (Å²) in [7, 11) is 3.17. The summed E-state index contributed by atoms with van der Waals surface area (Å²) < 4.78 is 11.8. The number of anilines is 1. The molecule has 2 aromatic carbocycles. The van der Waals surface area contributed by atoms with Gasteiger partial charge in [0.2, 0.25) is 5.91 Å². The first-order valence-corrected chi connectivity index (χ1v) is 10.0. The van der Waals surface area contributed by atoms with Gasteiger partial charge in [-0.1, -0.05) is 23.9 Å². The van der Waals surface area contributed by atoms with Crippen LogP contribution < -0.4 is 15.6 Å². The fourth-order valence-corrected chi connectivity index (χ4v) is 3.68. The van der Waals surface area contributed by atoms with E-state index in [2.05, 4.69) is 10.3 Å². The molecule has 0 saturated carbocycles. The van der Waals surface area contributed by atoms with Gasteiger partial charge in [0.05, 0.1) is 36.4 Å². The Morgan fingerprint density at radius 3 is 2.59 bits per heavy atom. The van der Waals surface area contributed by atoms with Gasteiger partial charge in [-0.05, 0) is 43.3 Å². The predicted molar refractivity (Wildman–Crippen MR) is 115 cm³/mol. The summed E-state index contributed by atoms with van der Waals surface area (Å²) in [6.07, 6.45) is 0. The van der Waals surface area contributed by atoms with Crippen molar-refractivity contribution < 1.29 is 14.3 Å². The first-order valence-electron chi connectivity index (χ1n) is 9.13. The van der Waals surface area contributed by atoms with Crippen molar-refractivity contribution in [1.82, 2.24) is 9.55 Å². The summed E-state index contributed by atoms with van der Waals surface area (Å²) in [4.78, 5) is 30.2. The Labute approximate surface area is 173 Å². The van der Waals surface area contributed by atoms with Crippen LogP contribution in [0.3, 0.4) is 0 Å². The van der Waals surface area contributed by atoms with Crippen molar-refractivity contribution in [2.45, 2.75) is 23.9 Å². The molecule has 29 heavy (non-hydrogen) atoms. The Kier molecular flexibility index (Phi) is 6.90. The lowest BCUT2D eigenvalue weighted by atomic mass is 10.2. The van der Waals surface area contributed by atoms with E-state index < -0.39 is 5.25 Å². The molecule has 0 bridgehead atoms. The van der Waals surface area contributed by atoms with Crippen LogP contribution >= 0.6 is 11.8 Å². The molecule has 0 aliphatic heterocycles. The van der Waals surface area contributed by atoms with Gasteiger partial charge in [0, 0.05) is 12.8 Å². The highest BCUT2D eigenvalue weighted by Crippen LogP contribution is 2.24. The highest BCUT2D eigenvalue weighted by atomic mass is 32.2. The summed E-state index contributed by atoms with van der Waals surface area (Å²) in [5.41, 5.74) is 1.14. The van der Waals surface area contributed by atoms with E-state index in [1.54, 1.807) is 62.1 Å². The molecule has 1 atom stereocenters. The third-order valence-corrected chi connectivity index (χ3v) is 5.44. The number of benzene rings is 2. The van der Waals surface area contributed by atoms with Crippen molar-refractivity contribution in [3.8, 4) is 5.75 Å². The Balaban J connectivity index is 1.83. The average molecular weight is 413 g/mol. The van der Waals surface area contributed by atoms with Crippen LogP contribution in [-0.2, 0) is 16.1 Å². The molecule has 1 heterocycles. The Morgan fingerprint density at radius 2 is 1.90 bits per heavy atom. The molecule has 1 aromatic heterocycles. The molecule has 8 heteroatoms. The number of para-hydroxylation sites is 1. The predicted octanol–water partition coefficient (Wildman–Crippen LogP) is 3.17. The molecule has 152 valence electrons. The van der Waals surface area contributed by atoms with E-state index in [9.17, 15) is 9.59 Å². The number of hydrogen-bond acceptors (Lipinski definition) is 6. The molecule has 0 aliphatic carbocycles. The van der Waals surface area contributed by atoms with Gasteiger partial charge in [-0.3, -0.25) is 14.2 Å². The van der Waals surface area contributed by atoms with Crippen LogP contribution in [0, 0.1) is 0 Å². The minimum atomic E-state index is -0.459. The Hall–Kier alpha value is -2.84. The number of nitrogens with one attached hydrogen (secondary N) is 1. The number of nitrogens with zero attached hydrogens (tertiary/aromatic N) is 2. The van der Waals surface area contributed by atoms with Crippen LogP contribution in [-0.4, -0.2) is 41.5 Å². The van der Waals surface area contributed by atoms with E-state index in [1.165, 1.54) is 11.8 Å². The minimum Gasteiger partial charge on any atom is -0.497 e. The maximum absolute atomic E-state index is 12.9. The van der Waals surface area contributed by atoms with E-state index in [0.717, 1.165) is 0 Å². The Bertz CT molecular complexity index is 1050. The third-order valence-electron chi connectivity index (χ3n) is 4.35. The normalized spacial score (nSPS) is 12.0. The van der Waals surface area contributed by atoms with Crippen LogP contribution in [0.4, 0.5) is 5.69 Å². The Morgan fingerprint density at radius 1 is 1.17 bits per heavy atom. The molecule has 0 fully saturated rings. The van der Waals surface area contributed by atoms with Gasteiger partial charge in [-0.25, -0.2) is 4.98 Å². The maximum atomic E-state index is 12.9. The monoisotopic (exact) mass is 413 g/mol. The molecule has 1 N–H and O–H groups in total. The number of fused-ring (bicyclic) bond motifs is 1. The molecule has 1 amide bonds. The van der Waals surface area contributed by atoms with Crippen molar-refractivity contribution in [1.29, 1.82) is 0 Å². The van der Waals surface area contributed by atoms with Gasteiger partial charge < -0.3 is 14.8 Å². The minimum absolute atomic E-state index is 0.141. The number of rotatable bonds is 8. The lowest BCUT2D eigenvalue weighted by Gasteiger charge is -2.16. The first-order chi connectivity index (χ1) is 14.0. The topological polar surface area (TPSA) is 82.4 Å². The molecular formula is C21H23N3O4S. The van der Waals surface area contributed by atoms with Gasteiger partial charge in [0.1, 0.15) is 5.75 Å². The molecule has 0 saturated heterocycles. The standard InChI is InChI=1S/C21H23N3O4S/c1-14(19(25)22-15-8-10-16(28-3)11-9-15)29-21-23-18-7-5-4-6-17(18)20(26)24(21)12-13-27-2/h4-11,14H,12-13H2,1-3H3,(H,22,25)/t14-/m1/s1. The van der Waals surface area contributed by atoms with Gasteiger partial charge in [-0.15, -0.1) is 0 Å². The summed E-state index contributed by atoms with van der Waals surface area (Å²) in [5.74, 6) is 0.536. The maximum Gasteiger partial charge on any atom is 0.262 e. The molecule has 0 aliphatic rings. The van der Waals surface area contributed by atoms with Gasteiger partial charge >= 0.3 is 0 Å². The highest BCUT2D eigenvalue weighted by molar-refractivity contribution is 8.00. The summed E-state index contributed by atoms with van der Waals surface area (Å²) in [6.45, 7) is 2.52. The lowest BCUT2D eigenvalue weighted by Crippen LogP contribution is -2.28. The first kappa shape index (κ1) is 20.9. The fraction of sp³-hybridized carbons (Fsp3) is 0.286. The van der Waals surface area contributed by atoms with E-state index in [0.29, 0.717) is 40.6 Å². The molecule has 0 unspecified atom stereocenters. The molecule has 0 radical (unpaired) electrons. The number of aromatic nitrogens is 2. The fourth-order valence-electron chi connectivity index (χ4n) is 2.75. The van der Waals surface area contributed by atoms with Crippen LogP contribution in [0.5, 0.6) is 5.75 Å². The van der Waals surface area contributed by atoms with Gasteiger partial charge in [0.25, 0.3) is 5.56 Å². The summed E-state index contributed by atoms with van der Waals surface area (Å²) in [5, 5.41) is 3.45. The number of carbonyl (C=O) groups is 1. The summed E-state index contributed by atoms with van der Waals surface area (Å²) >= 11 is 1.24. The highest BCUT2D eigenvalue weighted by Gasteiger charge is 2.19. The van der Waals surface area contributed by atoms with Crippen LogP contribution in [0.25, 0.3) is 10.9 Å². The second-order valence-corrected chi connectivity index (χ2v) is 7.65. The number of amides is 1. The largest absolute Gasteiger partial charge is 0.497 e. The summed E-state index contributed by atoms with van der Waals surface area (Å²) in [6, 6.07) is 14.3. The van der Waals surface area contributed by atoms with Crippen molar-refractivity contribution in [2.24, 2.45) is 0 Å². The zero-order valence-electron chi connectivity index (χ0n) is 16.5. The average Bonchev–Trinajstić information content (AvgIpc) is 2.74. The van der Waals surface area contributed by atoms with E-state index in [4.69, 9.17) is 9.47 Å². The molecule has 3 aromatic rings. The smallest absolute Gasteiger partial charge is 0.262 e. The second kappa shape index (κ2) is 9.58. The number of methoxy groups -OCH3 is 2. The molecular weight excluding hydrogens is 390 g/mol. The third kappa shape index (κ3) is 4.96. The molecule has 7 nitrogen and oxygen atoms in total. The second-order valence-electron chi connectivity index (χ2n) is 6.34. The zero-order chi connectivity index (χ0) is 20.8. The lowest BCUT2D eigenvalue weighted by molar-refractivity contribution is -0.115. The zero-order valence-corrected chi connectivity index (χ0v) is 17.4. The quantitative estimate of drug-likeness (QED) is 0.451. The van der Waals surface area contributed by atoms with E-state index >= 15 is 0 Å². The number of carbonyl (C=O) groups excluding carboxylic acids is 1. The number of ether oxygens (including phenoxy) is 2. The molecule has 0 spiro atoms. The van der Waals surface area contributed by atoms with Crippen LogP contribution in [0.15, 0.2) is 58.5 Å². The van der Waals surface area contributed by atoms with Crippen molar-refractivity contribution in [3.05, 3.63) is 58.9 Å². The van der Waals surface area contributed by atoms with Crippen molar-refractivity contribution >= 4 is 34.3 Å². The number of hydrogen-bond donors (Lipinski definition) is 1. The van der Waals surface area contributed by atoms with Crippen LogP contribution in [0.2, 0.25) is 0 Å². The van der Waals surface area contributed by atoms with E-state index in [1.807, 2.05) is 12.1 Å². The van der Waals surface area contributed by atoms with Crippen molar-refractivity contribution in [2.75, 3.05) is 26.1 Å². The van der Waals surface area contributed by atoms with Crippen molar-refractivity contribution in [3.63, 3.8) is 0 Å². The SMILES string of the molecule is COCCn1c(S[C@H](C)C(=O)Nc2ccc(OC)cc2)nc2ccccc2c1=O. The van der Waals surface area contributed by atoms with Crippen LogP contribution in [0.1, 0.15) is 6.92 Å². The number of thioether (sulfide) groups is 1. The molecule has 3 rings (SSSR count).